The first kappa shape index (κ1) is 12.6. The number of halogens is 2. The first-order chi connectivity index (χ1) is 9.00. The molecule has 0 radical (unpaired) electrons. The van der Waals surface area contributed by atoms with Gasteiger partial charge in [0.25, 0.3) is 0 Å². The van der Waals surface area contributed by atoms with Crippen molar-refractivity contribution < 1.29 is 18.4 Å². The van der Waals surface area contributed by atoms with Crippen molar-refractivity contribution in [2.45, 2.75) is 0 Å². The predicted octanol–water partition coefficient (Wildman–Crippen LogP) is 2.04. The zero-order valence-corrected chi connectivity index (χ0v) is 9.21. The summed E-state index contributed by atoms with van der Waals surface area (Å²) in [6.07, 6.45) is 0.912. The van der Waals surface area contributed by atoms with Gasteiger partial charge in [0, 0.05) is 0 Å². The van der Waals surface area contributed by atoms with E-state index in [9.17, 15) is 18.9 Å². The number of ether oxygens (including phenoxy) is 1. The number of nitrogens with zero attached hydrogens (tertiary/aromatic N) is 3. The molecule has 0 aliphatic rings. The number of nitro groups is 1. The SMILES string of the molecule is Nc1ncnc(Oc2cccc(F)c2F)c1[N+](=O)[O-]. The molecule has 0 fully saturated rings. The summed E-state index contributed by atoms with van der Waals surface area (Å²) in [5.41, 5.74) is 4.59. The summed E-state index contributed by atoms with van der Waals surface area (Å²) in [7, 11) is 0. The van der Waals surface area contributed by atoms with Crippen LogP contribution in [0.25, 0.3) is 0 Å². The third kappa shape index (κ3) is 2.39. The molecular weight excluding hydrogens is 262 g/mol. The Kier molecular flexibility index (Phi) is 3.19. The van der Waals surface area contributed by atoms with Gasteiger partial charge in [-0.25, -0.2) is 9.37 Å². The fraction of sp³-hybridized carbons (Fsp3) is 0. The van der Waals surface area contributed by atoms with E-state index in [4.69, 9.17) is 10.5 Å². The van der Waals surface area contributed by atoms with Gasteiger partial charge in [0.15, 0.2) is 11.6 Å². The third-order valence-corrected chi connectivity index (χ3v) is 2.12. The topological polar surface area (TPSA) is 104 Å². The number of nitrogens with two attached hydrogens (primary N) is 1. The molecule has 2 aromatic rings. The molecule has 2 N–H and O–H groups in total. The molecule has 1 aromatic carbocycles. The minimum atomic E-state index is -1.28. The molecule has 0 saturated carbocycles. The van der Waals surface area contributed by atoms with Crippen LogP contribution in [0, 0.1) is 21.7 Å². The highest BCUT2D eigenvalue weighted by atomic mass is 19.2. The fourth-order valence-electron chi connectivity index (χ4n) is 1.29. The number of rotatable bonds is 3. The zero-order valence-electron chi connectivity index (χ0n) is 9.21. The minimum absolute atomic E-state index is 0.438. The number of aromatic nitrogens is 2. The second-order valence-corrected chi connectivity index (χ2v) is 3.32. The van der Waals surface area contributed by atoms with Crippen molar-refractivity contribution in [2.75, 3.05) is 5.73 Å². The standard InChI is InChI=1S/C10H6F2N4O3/c11-5-2-1-3-6(7(5)12)19-10-8(16(17)18)9(13)14-4-15-10/h1-4H,(H2,13,14,15). The molecule has 0 amide bonds. The Hall–Kier alpha value is -2.84. The molecule has 19 heavy (non-hydrogen) atoms. The van der Waals surface area contributed by atoms with Crippen molar-refractivity contribution in [3.05, 3.63) is 46.3 Å². The highest BCUT2D eigenvalue weighted by Crippen LogP contribution is 2.33. The van der Waals surface area contributed by atoms with E-state index in [2.05, 4.69) is 9.97 Å². The lowest BCUT2D eigenvalue weighted by Crippen LogP contribution is -2.03. The molecule has 0 aliphatic heterocycles. The molecule has 7 nitrogen and oxygen atoms in total. The van der Waals surface area contributed by atoms with Crippen LogP contribution in [0.4, 0.5) is 20.3 Å². The molecule has 9 heteroatoms. The normalized spacial score (nSPS) is 10.2. The number of benzene rings is 1. The summed E-state index contributed by atoms with van der Waals surface area (Å²) in [4.78, 5) is 16.8. The first-order valence-electron chi connectivity index (χ1n) is 4.87. The minimum Gasteiger partial charge on any atom is -0.430 e. The average molecular weight is 268 g/mol. The number of anilines is 1. The summed E-state index contributed by atoms with van der Waals surface area (Å²) in [6, 6.07) is 3.16. The maximum Gasteiger partial charge on any atom is 0.372 e. The van der Waals surface area contributed by atoms with Gasteiger partial charge in [0.1, 0.15) is 6.33 Å². The van der Waals surface area contributed by atoms with E-state index in [1.54, 1.807) is 0 Å². The molecule has 1 aromatic heterocycles. The van der Waals surface area contributed by atoms with Gasteiger partial charge < -0.3 is 10.5 Å². The molecule has 0 saturated heterocycles. The molecule has 0 spiro atoms. The van der Waals surface area contributed by atoms with Gasteiger partial charge in [0.05, 0.1) is 4.92 Å². The van der Waals surface area contributed by atoms with E-state index in [1.807, 2.05) is 0 Å². The summed E-state index contributed by atoms with van der Waals surface area (Å²) in [5, 5.41) is 10.8. The largest absolute Gasteiger partial charge is 0.430 e. The second-order valence-electron chi connectivity index (χ2n) is 3.32. The summed E-state index contributed by atoms with van der Waals surface area (Å²) in [5.74, 6) is -3.98. The summed E-state index contributed by atoms with van der Waals surface area (Å²) >= 11 is 0. The van der Waals surface area contributed by atoms with Crippen LogP contribution < -0.4 is 10.5 Å². The smallest absolute Gasteiger partial charge is 0.372 e. The highest BCUT2D eigenvalue weighted by molar-refractivity contribution is 5.58. The van der Waals surface area contributed by atoms with Crippen molar-refractivity contribution >= 4 is 11.5 Å². The Morgan fingerprint density at radius 1 is 1.32 bits per heavy atom. The lowest BCUT2D eigenvalue weighted by atomic mass is 10.3. The molecule has 98 valence electrons. The molecule has 0 aliphatic carbocycles. The Morgan fingerprint density at radius 3 is 2.74 bits per heavy atom. The van der Waals surface area contributed by atoms with Gasteiger partial charge in [-0.05, 0) is 12.1 Å². The Morgan fingerprint density at radius 2 is 2.05 bits per heavy atom. The maximum atomic E-state index is 13.4. The van der Waals surface area contributed by atoms with E-state index in [0.717, 1.165) is 18.5 Å². The Balaban J connectivity index is 2.47. The second kappa shape index (κ2) is 4.80. The van der Waals surface area contributed by atoms with Crippen LogP contribution in [0.2, 0.25) is 0 Å². The first-order valence-corrected chi connectivity index (χ1v) is 4.87. The molecule has 0 unspecified atom stereocenters. The fourth-order valence-corrected chi connectivity index (χ4v) is 1.29. The lowest BCUT2D eigenvalue weighted by Gasteiger charge is -2.06. The summed E-state index contributed by atoms with van der Waals surface area (Å²) < 4.78 is 31.2. The van der Waals surface area contributed by atoms with Crippen molar-refractivity contribution in [2.24, 2.45) is 0 Å². The number of hydrogen-bond donors (Lipinski definition) is 1. The van der Waals surface area contributed by atoms with Gasteiger partial charge in [-0.2, -0.15) is 9.37 Å². The van der Waals surface area contributed by atoms with Crippen molar-refractivity contribution in [1.29, 1.82) is 0 Å². The zero-order chi connectivity index (χ0) is 14.0. The van der Waals surface area contributed by atoms with E-state index in [1.165, 1.54) is 6.07 Å². The quantitative estimate of drug-likeness (QED) is 0.674. The maximum absolute atomic E-state index is 13.4. The van der Waals surface area contributed by atoms with Crippen molar-refractivity contribution in [3.63, 3.8) is 0 Å². The van der Waals surface area contributed by atoms with Crippen LogP contribution in [0.1, 0.15) is 0 Å². The van der Waals surface area contributed by atoms with E-state index < -0.39 is 39.7 Å². The molecule has 1 heterocycles. The summed E-state index contributed by atoms with van der Waals surface area (Å²) in [6.45, 7) is 0. The van der Waals surface area contributed by atoms with Gasteiger partial charge >= 0.3 is 11.6 Å². The van der Waals surface area contributed by atoms with Gasteiger partial charge in [0.2, 0.25) is 11.6 Å². The van der Waals surface area contributed by atoms with Crippen LogP contribution in [0.3, 0.4) is 0 Å². The van der Waals surface area contributed by atoms with Gasteiger partial charge in [-0.1, -0.05) is 6.07 Å². The molecule has 2 rings (SSSR count). The van der Waals surface area contributed by atoms with Crippen molar-refractivity contribution in [1.82, 2.24) is 9.97 Å². The Bertz CT molecular complexity index is 651. The predicted molar refractivity (Wildman–Crippen MR) is 59.5 cm³/mol. The van der Waals surface area contributed by atoms with Crippen LogP contribution in [-0.2, 0) is 0 Å². The van der Waals surface area contributed by atoms with Crippen LogP contribution in [-0.4, -0.2) is 14.9 Å². The number of hydrogen-bond acceptors (Lipinski definition) is 6. The van der Waals surface area contributed by atoms with Gasteiger partial charge in [-0.15, -0.1) is 0 Å². The average Bonchev–Trinajstić information content (AvgIpc) is 2.34. The highest BCUT2D eigenvalue weighted by Gasteiger charge is 2.24. The monoisotopic (exact) mass is 268 g/mol. The van der Waals surface area contributed by atoms with E-state index >= 15 is 0 Å². The Labute approximate surface area is 104 Å². The molecular formula is C10H6F2N4O3. The lowest BCUT2D eigenvalue weighted by molar-refractivity contribution is -0.385. The molecule has 0 bridgehead atoms. The van der Waals surface area contributed by atoms with E-state index in [0.29, 0.717) is 0 Å². The van der Waals surface area contributed by atoms with Crippen LogP contribution in [0.5, 0.6) is 11.6 Å². The van der Waals surface area contributed by atoms with Crippen LogP contribution in [0.15, 0.2) is 24.5 Å². The molecule has 0 atom stereocenters. The third-order valence-electron chi connectivity index (χ3n) is 2.12. The van der Waals surface area contributed by atoms with Gasteiger partial charge in [-0.3, -0.25) is 10.1 Å². The van der Waals surface area contributed by atoms with Crippen molar-refractivity contribution in [3.8, 4) is 11.6 Å². The van der Waals surface area contributed by atoms with Crippen LogP contribution >= 0.6 is 0 Å². The van der Waals surface area contributed by atoms with E-state index in [-0.39, 0.29) is 0 Å². The number of nitrogen functional groups attached to an aromatic ring is 1.